The number of nitrogens with zero attached hydrogens (tertiary/aromatic N) is 3. The fourth-order valence-electron chi connectivity index (χ4n) is 2.66. The SMILES string of the molecule is CN1CCC(n2cnc3c(C(=O)O)cccc32)C1. The summed E-state index contributed by atoms with van der Waals surface area (Å²) in [5.41, 5.74) is 1.77. The van der Waals surface area contributed by atoms with Crippen LogP contribution in [0.15, 0.2) is 24.5 Å². The maximum absolute atomic E-state index is 11.1. The van der Waals surface area contributed by atoms with E-state index in [1.54, 1.807) is 18.5 Å². The van der Waals surface area contributed by atoms with Gasteiger partial charge >= 0.3 is 5.97 Å². The molecule has 0 spiro atoms. The first-order chi connectivity index (χ1) is 8.66. The smallest absolute Gasteiger partial charge is 0.337 e. The molecule has 1 fully saturated rings. The summed E-state index contributed by atoms with van der Waals surface area (Å²) in [5, 5.41) is 9.14. The van der Waals surface area contributed by atoms with Gasteiger partial charge in [-0.3, -0.25) is 0 Å². The van der Waals surface area contributed by atoms with E-state index in [4.69, 9.17) is 5.11 Å². The van der Waals surface area contributed by atoms with E-state index >= 15 is 0 Å². The minimum atomic E-state index is -0.922. The number of carbonyl (C=O) groups is 1. The van der Waals surface area contributed by atoms with Gasteiger partial charge in [0.15, 0.2) is 0 Å². The molecule has 1 aliphatic heterocycles. The summed E-state index contributed by atoms with van der Waals surface area (Å²) in [4.78, 5) is 17.7. The highest BCUT2D eigenvalue weighted by atomic mass is 16.4. The highest BCUT2D eigenvalue weighted by Crippen LogP contribution is 2.26. The van der Waals surface area contributed by atoms with Gasteiger partial charge in [0.1, 0.15) is 5.52 Å². The lowest BCUT2D eigenvalue weighted by Gasteiger charge is -2.13. The van der Waals surface area contributed by atoms with Crippen molar-refractivity contribution >= 4 is 17.0 Å². The Morgan fingerprint density at radius 1 is 1.50 bits per heavy atom. The standard InChI is InChI=1S/C13H15N3O2/c1-15-6-5-9(7-15)16-8-14-12-10(13(17)18)3-2-4-11(12)16/h2-4,8-9H,5-7H2,1H3,(H,17,18). The number of carboxylic acid groups (broad SMARTS) is 1. The summed E-state index contributed by atoms with van der Waals surface area (Å²) >= 11 is 0. The lowest BCUT2D eigenvalue weighted by atomic mass is 10.1. The molecule has 1 aromatic carbocycles. The first kappa shape index (κ1) is 11.2. The van der Waals surface area contributed by atoms with Crippen LogP contribution in [0.2, 0.25) is 0 Å². The molecule has 1 aromatic heterocycles. The fraction of sp³-hybridized carbons (Fsp3) is 0.385. The molecule has 5 nitrogen and oxygen atoms in total. The molecule has 1 saturated heterocycles. The Hall–Kier alpha value is -1.88. The molecular weight excluding hydrogens is 230 g/mol. The van der Waals surface area contributed by atoms with Crippen molar-refractivity contribution < 1.29 is 9.90 Å². The maximum Gasteiger partial charge on any atom is 0.337 e. The molecule has 0 radical (unpaired) electrons. The van der Waals surface area contributed by atoms with Crippen LogP contribution < -0.4 is 0 Å². The van der Waals surface area contributed by atoms with E-state index in [1.807, 2.05) is 6.07 Å². The van der Waals surface area contributed by atoms with E-state index in [0.717, 1.165) is 25.0 Å². The molecule has 1 atom stereocenters. The summed E-state index contributed by atoms with van der Waals surface area (Å²) in [5.74, 6) is -0.922. The molecule has 94 valence electrons. The van der Waals surface area contributed by atoms with E-state index in [1.165, 1.54) is 0 Å². The Bertz CT molecular complexity index is 605. The number of fused-ring (bicyclic) bond motifs is 1. The monoisotopic (exact) mass is 245 g/mol. The molecule has 0 saturated carbocycles. The second kappa shape index (κ2) is 4.10. The van der Waals surface area contributed by atoms with Crippen LogP contribution in [0, 0.1) is 0 Å². The highest BCUT2D eigenvalue weighted by Gasteiger charge is 2.23. The molecule has 18 heavy (non-hydrogen) atoms. The molecule has 2 heterocycles. The van der Waals surface area contributed by atoms with Crippen LogP contribution >= 0.6 is 0 Å². The number of benzene rings is 1. The molecule has 5 heteroatoms. The zero-order valence-electron chi connectivity index (χ0n) is 10.2. The van der Waals surface area contributed by atoms with E-state index in [-0.39, 0.29) is 5.56 Å². The van der Waals surface area contributed by atoms with Crippen molar-refractivity contribution in [2.75, 3.05) is 20.1 Å². The van der Waals surface area contributed by atoms with Gasteiger partial charge in [-0.25, -0.2) is 9.78 Å². The predicted molar refractivity (Wildman–Crippen MR) is 67.8 cm³/mol. The molecule has 1 N–H and O–H groups in total. The lowest BCUT2D eigenvalue weighted by molar-refractivity contribution is 0.0699. The zero-order valence-corrected chi connectivity index (χ0v) is 10.2. The molecule has 0 bridgehead atoms. The van der Waals surface area contributed by atoms with Crippen molar-refractivity contribution in [2.24, 2.45) is 0 Å². The number of likely N-dealkylation sites (N-methyl/N-ethyl adjacent to an activating group) is 1. The molecule has 1 aliphatic rings. The van der Waals surface area contributed by atoms with Crippen LogP contribution in [0.5, 0.6) is 0 Å². The van der Waals surface area contributed by atoms with Gasteiger partial charge in [0, 0.05) is 12.6 Å². The van der Waals surface area contributed by atoms with E-state index < -0.39 is 5.97 Å². The van der Waals surface area contributed by atoms with Crippen LogP contribution in [-0.4, -0.2) is 45.7 Å². The Balaban J connectivity index is 2.10. The van der Waals surface area contributed by atoms with Crippen LogP contribution in [-0.2, 0) is 0 Å². The van der Waals surface area contributed by atoms with E-state index in [2.05, 4.69) is 21.5 Å². The molecular formula is C13H15N3O2. The van der Waals surface area contributed by atoms with Gasteiger partial charge in [0.2, 0.25) is 0 Å². The molecule has 2 aromatic rings. The summed E-state index contributed by atoms with van der Waals surface area (Å²) in [6.07, 6.45) is 2.85. The van der Waals surface area contributed by atoms with Crippen LogP contribution in [0.4, 0.5) is 0 Å². The largest absolute Gasteiger partial charge is 0.478 e. The number of hydrogen-bond donors (Lipinski definition) is 1. The number of aromatic nitrogens is 2. The third kappa shape index (κ3) is 1.67. The quantitative estimate of drug-likeness (QED) is 0.873. The van der Waals surface area contributed by atoms with Gasteiger partial charge in [-0.2, -0.15) is 0 Å². The van der Waals surface area contributed by atoms with E-state index in [0.29, 0.717) is 11.6 Å². The molecule has 1 unspecified atom stereocenters. The first-order valence-corrected chi connectivity index (χ1v) is 6.04. The van der Waals surface area contributed by atoms with Gasteiger partial charge < -0.3 is 14.6 Å². The minimum Gasteiger partial charge on any atom is -0.478 e. The summed E-state index contributed by atoms with van der Waals surface area (Å²) in [6.45, 7) is 2.06. The van der Waals surface area contributed by atoms with Crippen LogP contribution in [0.1, 0.15) is 22.8 Å². The summed E-state index contributed by atoms with van der Waals surface area (Å²) in [6, 6.07) is 5.71. The van der Waals surface area contributed by atoms with Gasteiger partial charge in [-0.15, -0.1) is 0 Å². The van der Waals surface area contributed by atoms with Crippen LogP contribution in [0.25, 0.3) is 11.0 Å². The minimum absolute atomic E-state index is 0.276. The second-order valence-corrected chi connectivity index (χ2v) is 4.84. The molecule has 3 rings (SSSR count). The third-order valence-corrected chi connectivity index (χ3v) is 3.59. The number of hydrogen-bond acceptors (Lipinski definition) is 3. The second-order valence-electron chi connectivity index (χ2n) is 4.84. The number of imidazole rings is 1. The molecule has 0 amide bonds. The topological polar surface area (TPSA) is 58.4 Å². The van der Waals surface area contributed by atoms with Crippen molar-refractivity contribution in [2.45, 2.75) is 12.5 Å². The fourth-order valence-corrected chi connectivity index (χ4v) is 2.66. The number of para-hydroxylation sites is 1. The van der Waals surface area contributed by atoms with E-state index in [9.17, 15) is 4.79 Å². The van der Waals surface area contributed by atoms with Gasteiger partial charge in [0.25, 0.3) is 0 Å². The van der Waals surface area contributed by atoms with Gasteiger partial charge in [0.05, 0.1) is 17.4 Å². The first-order valence-electron chi connectivity index (χ1n) is 6.04. The normalized spacial score (nSPS) is 20.6. The Labute approximate surface area is 105 Å². The lowest BCUT2D eigenvalue weighted by Crippen LogP contribution is -2.15. The summed E-state index contributed by atoms with van der Waals surface area (Å²) < 4.78 is 2.10. The van der Waals surface area contributed by atoms with Crippen molar-refractivity contribution in [3.05, 3.63) is 30.1 Å². The maximum atomic E-state index is 11.1. The Morgan fingerprint density at radius 3 is 3.00 bits per heavy atom. The number of carboxylic acids is 1. The van der Waals surface area contributed by atoms with Gasteiger partial charge in [-0.05, 0) is 32.1 Å². The average molecular weight is 245 g/mol. The number of likely N-dealkylation sites (tertiary alicyclic amines) is 1. The van der Waals surface area contributed by atoms with Crippen molar-refractivity contribution in [3.63, 3.8) is 0 Å². The van der Waals surface area contributed by atoms with Crippen molar-refractivity contribution in [3.8, 4) is 0 Å². The average Bonchev–Trinajstić information content (AvgIpc) is 2.93. The van der Waals surface area contributed by atoms with Gasteiger partial charge in [-0.1, -0.05) is 6.07 Å². The summed E-state index contributed by atoms with van der Waals surface area (Å²) in [7, 11) is 2.10. The zero-order chi connectivity index (χ0) is 12.7. The highest BCUT2D eigenvalue weighted by molar-refractivity contribution is 6.00. The number of rotatable bonds is 2. The molecule has 0 aliphatic carbocycles. The Kier molecular flexibility index (Phi) is 2.56. The predicted octanol–water partition coefficient (Wildman–Crippen LogP) is 1.61. The van der Waals surface area contributed by atoms with Crippen molar-refractivity contribution in [1.29, 1.82) is 0 Å². The van der Waals surface area contributed by atoms with Crippen LogP contribution in [0.3, 0.4) is 0 Å². The third-order valence-electron chi connectivity index (χ3n) is 3.59. The number of aromatic carboxylic acids is 1. The Morgan fingerprint density at radius 2 is 2.33 bits per heavy atom. The van der Waals surface area contributed by atoms with Crippen molar-refractivity contribution in [1.82, 2.24) is 14.5 Å².